The number of nitrogens with one attached hydrogen (secondary N) is 1. The molecule has 2 N–H and O–H groups in total. The Balaban J connectivity index is 2.73. The molecule has 0 aromatic carbocycles. The third kappa shape index (κ3) is 3.30. The lowest BCUT2D eigenvalue weighted by atomic mass is 9.86. The molecule has 98 valence electrons. The number of aliphatic hydroxyl groups is 1. The monoisotopic (exact) mass is 239 g/mol. The molecule has 0 fully saturated rings. The predicted molar refractivity (Wildman–Crippen MR) is 69.9 cm³/mol. The Labute approximate surface area is 104 Å². The van der Waals surface area contributed by atoms with Crippen LogP contribution >= 0.6 is 0 Å². The number of rotatable bonds is 5. The molecule has 0 saturated heterocycles. The molecular formula is C13H25N3O. The summed E-state index contributed by atoms with van der Waals surface area (Å²) in [5, 5.41) is 17.9. The second-order valence-electron chi connectivity index (χ2n) is 5.63. The van der Waals surface area contributed by atoms with Gasteiger partial charge < -0.3 is 10.4 Å². The van der Waals surface area contributed by atoms with Crippen molar-refractivity contribution in [3.63, 3.8) is 0 Å². The van der Waals surface area contributed by atoms with Crippen molar-refractivity contribution < 1.29 is 5.11 Å². The second-order valence-corrected chi connectivity index (χ2v) is 5.63. The lowest BCUT2D eigenvalue weighted by Gasteiger charge is -2.38. The molecule has 0 atom stereocenters. The smallest absolute Gasteiger partial charge is 0.0767 e. The summed E-state index contributed by atoms with van der Waals surface area (Å²) in [6.07, 6.45) is 0. The number of aromatic nitrogens is 2. The summed E-state index contributed by atoms with van der Waals surface area (Å²) in [7, 11) is 0. The SMILES string of the molecule is CCn1nc(C)cc1CNC(C)(C)C(C)(C)O. The molecule has 0 saturated carbocycles. The summed E-state index contributed by atoms with van der Waals surface area (Å²) in [6.45, 7) is 13.3. The van der Waals surface area contributed by atoms with Gasteiger partial charge in [0, 0.05) is 18.6 Å². The predicted octanol–water partition coefficient (Wildman–Crippen LogP) is 1.85. The number of hydrogen-bond acceptors (Lipinski definition) is 3. The van der Waals surface area contributed by atoms with E-state index in [9.17, 15) is 5.11 Å². The molecule has 4 heteroatoms. The molecule has 0 unspecified atom stereocenters. The number of nitrogens with zero attached hydrogens (tertiary/aromatic N) is 2. The topological polar surface area (TPSA) is 50.1 Å². The summed E-state index contributed by atoms with van der Waals surface area (Å²) in [6, 6.07) is 2.08. The van der Waals surface area contributed by atoms with Crippen LogP contribution in [0.1, 0.15) is 46.0 Å². The van der Waals surface area contributed by atoms with Gasteiger partial charge in [0.15, 0.2) is 0 Å². The molecule has 17 heavy (non-hydrogen) atoms. The first-order valence-corrected chi connectivity index (χ1v) is 6.18. The quantitative estimate of drug-likeness (QED) is 0.824. The van der Waals surface area contributed by atoms with E-state index in [1.165, 1.54) is 0 Å². The molecule has 1 aromatic heterocycles. The van der Waals surface area contributed by atoms with Crippen molar-refractivity contribution in [1.29, 1.82) is 0 Å². The minimum atomic E-state index is -0.765. The number of hydrogen-bond donors (Lipinski definition) is 2. The van der Waals surface area contributed by atoms with Crippen LogP contribution < -0.4 is 5.32 Å². The maximum Gasteiger partial charge on any atom is 0.0767 e. The van der Waals surface area contributed by atoms with Gasteiger partial charge in [-0.15, -0.1) is 0 Å². The second kappa shape index (κ2) is 4.78. The first-order chi connectivity index (χ1) is 7.67. The Morgan fingerprint density at radius 3 is 2.41 bits per heavy atom. The molecule has 0 bridgehead atoms. The van der Waals surface area contributed by atoms with Gasteiger partial charge >= 0.3 is 0 Å². The summed E-state index contributed by atoms with van der Waals surface area (Å²) < 4.78 is 1.99. The van der Waals surface area contributed by atoms with Gasteiger partial charge in [0.2, 0.25) is 0 Å². The lowest BCUT2D eigenvalue weighted by Crippen LogP contribution is -2.55. The summed E-state index contributed by atoms with van der Waals surface area (Å²) in [5.74, 6) is 0. The van der Waals surface area contributed by atoms with E-state index in [2.05, 4.69) is 23.4 Å². The fourth-order valence-electron chi connectivity index (χ4n) is 1.54. The van der Waals surface area contributed by atoms with Gasteiger partial charge in [-0.25, -0.2) is 0 Å². The van der Waals surface area contributed by atoms with Crippen molar-refractivity contribution in [2.75, 3.05) is 0 Å². The fraction of sp³-hybridized carbons (Fsp3) is 0.769. The third-order valence-electron chi connectivity index (χ3n) is 3.53. The van der Waals surface area contributed by atoms with E-state index in [0.717, 1.165) is 17.9 Å². The van der Waals surface area contributed by atoms with Gasteiger partial charge in [-0.1, -0.05) is 0 Å². The molecule has 1 heterocycles. The normalized spacial score (nSPS) is 13.1. The van der Waals surface area contributed by atoms with Crippen molar-refractivity contribution in [1.82, 2.24) is 15.1 Å². The van der Waals surface area contributed by atoms with E-state index in [0.29, 0.717) is 6.54 Å². The Hall–Kier alpha value is -0.870. The van der Waals surface area contributed by atoms with Crippen LogP contribution in [0.4, 0.5) is 0 Å². The van der Waals surface area contributed by atoms with Crippen LogP contribution in [0.25, 0.3) is 0 Å². The first kappa shape index (κ1) is 14.2. The van der Waals surface area contributed by atoms with E-state index in [-0.39, 0.29) is 5.54 Å². The van der Waals surface area contributed by atoms with Gasteiger partial charge in [0.25, 0.3) is 0 Å². The van der Waals surface area contributed by atoms with Crippen LogP contribution in [-0.2, 0) is 13.1 Å². The first-order valence-electron chi connectivity index (χ1n) is 6.18. The molecule has 0 radical (unpaired) electrons. The highest BCUT2D eigenvalue weighted by Crippen LogP contribution is 2.21. The highest BCUT2D eigenvalue weighted by molar-refractivity contribution is 5.09. The highest BCUT2D eigenvalue weighted by Gasteiger charge is 2.34. The van der Waals surface area contributed by atoms with E-state index >= 15 is 0 Å². The van der Waals surface area contributed by atoms with Crippen molar-refractivity contribution in [3.05, 3.63) is 17.5 Å². The van der Waals surface area contributed by atoms with Crippen LogP contribution in [0.15, 0.2) is 6.07 Å². The highest BCUT2D eigenvalue weighted by atomic mass is 16.3. The Morgan fingerprint density at radius 1 is 1.35 bits per heavy atom. The van der Waals surface area contributed by atoms with Crippen molar-refractivity contribution in [2.45, 2.75) is 65.8 Å². The molecule has 0 aliphatic carbocycles. The molecule has 1 rings (SSSR count). The van der Waals surface area contributed by atoms with Crippen LogP contribution in [0, 0.1) is 6.92 Å². The van der Waals surface area contributed by atoms with E-state index in [1.54, 1.807) is 0 Å². The van der Waals surface area contributed by atoms with E-state index in [4.69, 9.17) is 0 Å². The van der Waals surface area contributed by atoms with Gasteiger partial charge in [-0.2, -0.15) is 5.10 Å². The van der Waals surface area contributed by atoms with Crippen molar-refractivity contribution >= 4 is 0 Å². The maximum atomic E-state index is 10.1. The van der Waals surface area contributed by atoms with Crippen LogP contribution in [0.5, 0.6) is 0 Å². The average molecular weight is 239 g/mol. The fourth-order valence-corrected chi connectivity index (χ4v) is 1.54. The maximum absolute atomic E-state index is 10.1. The van der Waals surface area contributed by atoms with E-state index < -0.39 is 5.60 Å². The summed E-state index contributed by atoms with van der Waals surface area (Å²) in [5.41, 5.74) is 1.08. The average Bonchev–Trinajstić information content (AvgIpc) is 2.54. The molecule has 4 nitrogen and oxygen atoms in total. The van der Waals surface area contributed by atoms with Gasteiger partial charge in [-0.05, 0) is 47.6 Å². The number of aryl methyl sites for hydroxylation is 2. The zero-order valence-corrected chi connectivity index (χ0v) is 11.8. The largest absolute Gasteiger partial charge is 0.389 e. The van der Waals surface area contributed by atoms with Crippen LogP contribution in [-0.4, -0.2) is 26.0 Å². The van der Waals surface area contributed by atoms with E-state index in [1.807, 2.05) is 39.3 Å². The molecule has 0 aliphatic heterocycles. The molecule has 0 amide bonds. The minimum absolute atomic E-state index is 0.344. The molecule has 0 spiro atoms. The summed E-state index contributed by atoms with van der Waals surface area (Å²) >= 11 is 0. The summed E-state index contributed by atoms with van der Waals surface area (Å²) in [4.78, 5) is 0. The Bertz CT molecular complexity index is 375. The molecular weight excluding hydrogens is 214 g/mol. The zero-order chi connectivity index (χ0) is 13.3. The Kier molecular flexibility index (Phi) is 3.99. The molecule has 1 aromatic rings. The van der Waals surface area contributed by atoms with Crippen molar-refractivity contribution in [2.24, 2.45) is 0 Å². The van der Waals surface area contributed by atoms with Gasteiger partial charge in [0.05, 0.1) is 17.0 Å². The minimum Gasteiger partial charge on any atom is -0.389 e. The molecule has 0 aliphatic rings. The van der Waals surface area contributed by atoms with Crippen LogP contribution in [0.2, 0.25) is 0 Å². The van der Waals surface area contributed by atoms with Gasteiger partial charge in [0.1, 0.15) is 0 Å². The van der Waals surface area contributed by atoms with Crippen LogP contribution in [0.3, 0.4) is 0 Å². The standard InChI is InChI=1S/C13H25N3O/c1-7-16-11(8-10(2)15-16)9-14-12(3,4)13(5,6)17/h8,14,17H,7,9H2,1-6H3. The zero-order valence-electron chi connectivity index (χ0n) is 11.8. The third-order valence-corrected chi connectivity index (χ3v) is 3.53. The van der Waals surface area contributed by atoms with Gasteiger partial charge in [-0.3, -0.25) is 4.68 Å². The Morgan fingerprint density at radius 2 is 1.94 bits per heavy atom. The lowest BCUT2D eigenvalue weighted by molar-refractivity contribution is -0.00560. The van der Waals surface area contributed by atoms with Crippen molar-refractivity contribution in [3.8, 4) is 0 Å².